The molecule has 0 aromatic heterocycles. The maximum atomic E-state index is 9.70. The molecule has 0 amide bonds. The molecule has 2 rings (SSSR count). The van der Waals surface area contributed by atoms with Gasteiger partial charge in [-0.15, -0.1) is 0 Å². The van der Waals surface area contributed by atoms with Crippen LogP contribution < -0.4 is 0 Å². The lowest BCUT2D eigenvalue weighted by Gasteiger charge is -2.12. The van der Waals surface area contributed by atoms with Gasteiger partial charge in [-0.05, 0) is 35.7 Å². The van der Waals surface area contributed by atoms with Crippen molar-refractivity contribution in [1.82, 2.24) is 0 Å². The standard InChI is InChI=1S/C13H14O/c1-9-7-8-11-5-3-4-6-12(11)13(9)10(2)14/h3-8,10,14H,1-2H3. The lowest BCUT2D eigenvalue weighted by molar-refractivity contribution is 0.200. The van der Waals surface area contributed by atoms with Gasteiger partial charge in [0.2, 0.25) is 0 Å². The van der Waals surface area contributed by atoms with Crippen LogP contribution in [0.15, 0.2) is 36.4 Å². The Labute approximate surface area is 84.0 Å². The molecule has 0 heterocycles. The zero-order valence-electron chi connectivity index (χ0n) is 8.49. The van der Waals surface area contributed by atoms with Gasteiger partial charge in [0.25, 0.3) is 0 Å². The van der Waals surface area contributed by atoms with E-state index in [4.69, 9.17) is 0 Å². The van der Waals surface area contributed by atoms with Gasteiger partial charge < -0.3 is 5.11 Å². The third-order valence-corrected chi connectivity index (χ3v) is 2.61. The van der Waals surface area contributed by atoms with Crippen molar-refractivity contribution in [3.8, 4) is 0 Å². The number of hydrogen-bond acceptors (Lipinski definition) is 1. The fraction of sp³-hybridized carbons (Fsp3) is 0.231. The smallest absolute Gasteiger partial charge is 0.0770 e. The Hall–Kier alpha value is -1.34. The van der Waals surface area contributed by atoms with E-state index < -0.39 is 6.10 Å². The van der Waals surface area contributed by atoms with Gasteiger partial charge in [-0.25, -0.2) is 0 Å². The van der Waals surface area contributed by atoms with E-state index in [-0.39, 0.29) is 0 Å². The van der Waals surface area contributed by atoms with Crippen molar-refractivity contribution in [1.29, 1.82) is 0 Å². The second kappa shape index (κ2) is 3.43. The lowest BCUT2D eigenvalue weighted by Crippen LogP contribution is -1.96. The van der Waals surface area contributed by atoms with E-state index in [1.807, 2.05) is 26.0 Å². The van der Waals surface area contributed by atoms with Crippen LogP contribution in [0.25, 0.3) is 10.8 Å². The number of aliphatic hydroxyl groups is 1. The van der Waals surface area contributed by atoms with Crippen LogP contribution >= 0.6 is 0 Å². The van der Waals surface area contributed by atoms with Gasteiger partial charge in [-0.3, -0.25) is 0 Å². The number of fused-ring (bicyclic) bond motifs is 1. The first-order valence-corrected chi connectivity index (χ1v) is 4.86. The second-order valence-electron chi connectivity index (χ2n) is 3.69. The Morgan fingerprint density at radius 3 is 2.50 bits per heavy atom. The highest BCUT2D eigenvalue weighted by atomic mass is 16.3. The summed E-state index contributed by atoms with van der Waals surface area (Å²) >= 11 is 0. The minimum absolute atomic E-state index is 0.402. The fourth-order valence-electron chi connectivity index (χ4n) is 1.96. The van der Waals surface area contributed by atoms with Crippen molar-refractivity contribution < 1.29 is 5.11 Å². The Morgan fingerprint density at radius 1 is 1.07 bits per heavy atom. The van der Waals surface area contributed by atoms with Gasteiger partial charge in [0.05, 0.1) is 6.10 Å². The summed E-state index contributed by atoms with van der Waals surface area (Å²) in [6, 6.07) is 12.3. The van der Waals surface area contributed by atoms with Crippen LogP contribution in [0.4, 0.5) is 0 Å². The molecule has 2 aromatic carbocycles. The van der Waals surface area contributed by atoms with Crippen LogP contribution in [0.1, 0.15) is 24.2 Å². The molecule has 1 unspecified atom stereocenters. The molecule has 0 bridgehead atoms. The molecule has 0 saturated heterocycles. The van der Waals surface area contributed by atoms with E-state index in [1.165, 1.54) is 5.39 Å². The van der Waals surface area contributed by atoms with Crippen LogP contribution in [0, 0.1) is 6.92 Å². The van der Waals surface area contributed by atoms with E-state index >= 15 is 0 Å². The maximum Gasteiger partial charge on any atom is 0.0770 e. The molecule has 1 nitrogen and oxygen atoms in total. The van der Waals surface area contributed by atoms with Gasteiger partial charge in [-0.1, -0.05) is 36.4 Å². The summed E-state index contributed by atoms with van der Waals surface area (Å²) in [7, 11) is 0. The van der Waals surface area contributed by atoms with E-state index in [9.17, 15) is 5.11 Å². The number of hydrogen-bond donors (Lipinski definition) is 1. The Balaban J connectivity index is 2.83. The lowest BCUT2D eigenvalue weighted by atomic mass is 9.96. The zero-order chi connectivity index (χ0) is 10.1. The molecule has 1 N–H and O–H groups in total. The van der Waals surface area contributed by atoms with Gasteiger partial charge in [-0.2, -0.15) is 0 Å². The molecule has 0 saturated carbocycles. The summed E-state index contributed by atoms with van der Waals surface area (Å²) in [6.45, 7) is 3.85. The first-order chi connectivity index (χ1) is 6.70. The van der Waals surface area contributed by atoms with E-state index in [1.54, 1.807) is 0 Å². The van der Waals surface area contributed by atoms with Crippen molar-refractivity contribution in [2.24, 2.45) is 0 Å². The molecule has 1 atom stereocenters. The molecule has 72 valence electrons. The Bertz CT molecular complexity index is 458. The van der Waals surface area contributed by atoms with Crippen molar-refractivity contribution >= 4 is 10.8 Å². The summed E-state index contributed by atoms with van der Waals surface area (Å²) in [4.78, 5) is 0. The highest BCUT2D eigenvalue weighted by Crippen LogP contribution is 2.27. The van der Waals surface area contributed by atoms with Crippen LogP contribution in [0.3, 0.4) is 0 Å². The third-order valence-electron chi connectivity index (χ3n) is 2.61. The first kappa shape index (κ1) is 9.22. The van der Waals surface area contributed by atoms with Gasteiger partial charge in [0, 0.05) is 0 Å². The van der Waals surface area contributed by atoms with Crippen molar-refractivity contribution in [2.45, 2.75) is 20.0 Å². The molecular weight excluding hydrogens is 172 g/mol. The summed E-state index contributed by atoms with van der Waals surface area (Å²) in [5.41, 5.74) is 2.20. The fourth-order valence-corrected chi connectivity index (χ4v) is 1.96. The average Bonchev–Trinajstić information content (AvgIpc) is 2.17. The second-order valence-corrected chi connectivity index (χ2v) is 3.69. The number of aliphatic hydroxyl groups excluding tert-OH is 1. The molecule has 0 aliphatic carbocycles. The molecule has 2 aromatic rings. The zero-order valence-corrected chi connectivity index (χ0v) is 8.49. The van der Waals surface area contributed by atoms with Gasteiger partial charge in [0.1, 0.15) is 0 Å². The normalized spacial score (nSPS) is 13.1. The van der Waals surface area contributed by atoms with E-state index in [2.05, 4.69) is 24.3 Å². The molecule has 0 aliphatic rings. The molecular formula is C13H14O. The minimum Gasteiger partial charge on any atom is -0.389 e. The van der Waals surface area contributed by atoms with E-state index in [0.29, 0.717) is 0 Å². The van der Waals surface area contributed by atoms with Crippen LogP contribution in [-0.2, 0) is 0 Å². The highest BCUT2D eigenvalue weighted by molar-refractivity contribution is 5.87. The summed E-state index contributed by atoms with van der Waals surface area (Å²) in [5.74, 6) is 0. The molecule has 0 aliphatic heterocycles. The Kier molecular flexibility index (Phi) is 2.26. The van der Waals surface area contributed by atoms with Crippen molar-refractivity contribution in [2.75, 3.05) is 0 Å². The largest absolute Gasteiger partial charge is 0.389 e. The van der Waals surface area contributed by atoms with Crippen LogP contribution in [-0.4, -0.2) is 5.11 Å². The SMILES string of the molecule is Cc1ccc2ccccc2c1C(C)O. The molecule has 1 heteroatoms. The summed E-state index contributed by atoms with van der Waals surface area (Å²) in [6.07, 6.45) is -0.402. The highest BCUT2D eigenvalue weighted by Gasteiger charge is 2.08. The maximum absolute atomic E-state index is 9.70. The Morgan fingerprint density at radius 2 is 1.79 bits per heavy atom. The van der Waals surface area contributed by atoms with Crippen LogP contribution in [0.2, 0.25) is 0 Å². The number of benzene rings is 2. The first-order valence-electron chi connectivity index (χ1n) is 4.86. The number of rotatable bonds is 1. The molecule has 0 spiro atoms. The van der Waals surface area contributed by atoms with Crippen LogP contribution in [0.5, 0.6) is 0 Å². The van der Waals surface area contributed by atoms with Gasteiger partial charge >= 0.3 is 0 Å². The predicted octanol–water partition coefficient (Wildman–Crippen LogP) is 3.20. The third kappa shape index (κ3) is 1.40. The molecule has 14 heavy (non-hydrogen) atoms. The van der Waals surface area contributed by atoms with Gasteiger partial charge in [0.15, 0.2) is 0 Å². The molecule has 0 radical (unpaired) electrons. The summed E-state index contributed by atoms with van der Waals surface area (Å²) in [5, 5.41) is 12.0. The quantitative estimate of drug-likeness (QED) is 0.725. The van der Waals surface area contributed by atoms with E-state index in [0.717, 1.165) is 16.5 Å². The predicted molar refractivity (Wildman–Crippen MR) is 59.3 cm³/mol. The number of aryl methyl sites for hydroxylation is 1. The average molecular weight is 186 g/mol. The summed E-state index contributed by atoms with van der Waals surface area (Å²) < 4.78 is 0. The topological polar surface area (TPSA) is 20.2 Å². The monoisotopic (exact) mass is 186 g/mol. The molecule has 0 fully saturated rings. The van der Waals surface area contributed by atoms with Crippen molar-refractivity contribution in [3.05, 3.63) is 47.5 Å². The van der Waals surface area contributed by atoms with Crippen molar-refractivity contribution in [3.63, 3.8) is 0 Å². The minimum atomic E-state index is -0.402.